The molecule has 0 radical (unpaired) electrons. The summed E-state index contributed by atoms with van der Waals surface area (Å²) < 4.78 is 18.5. The molecule has 15 rings (SSSR count). The van der Waals surface area contributed by atoms with Crippen molar-refractivity contribution in [3.63, 3.8) is 0 Å². The van der Waals surface area contributed by atoms with Crippen LogP contribution in [-0.4, -0.2) is 15.0 Å². The molecule has 0 bridgehead atoms. The van der Waals surface area contributed by atoms with E-state index in [0.717, 1.165) is 133 Å². The van der Waals surface area contributed by atoms with E-state index in [9.17, 15) is 0 Å². The van der Waals surface area contributed by atoms with Crippen LogP contribution in [0.2, 0.25) is 0 Å². The van der Waals surface area contributed by atoms with Gasteiger partial charge >= 0.3 is 20.1 Å². The molecule has 6 nitrogen and oxygen atoms in total. The Bertz CT molecular complexity index is 4190. The molecule has 0 aliphatic rings. The number of pyridine rings is 3. The molecule has 0 saturated heterocycles. The van der Waals surface area contributed by atoms with Crippen molar-refractivity contribution in [1.29, 1.82) is 0 Å². The molecule has 0 aliphatic carbocycles. The van der Waals surface area contributed by atoms with Gasteiger partial charge in [-0.3, -0.25) is 0 Å². The van der Waals surface area contributed by atoms with E-state index in [2.05, 4.69) is 164 Å². The van der Waals surface area contributed by atoms with Crippen molar-refractivity contribution >= 4 is 65.8 Å². The molecule has 6 aromatic heterocycles. The number of para-hydroxylation sites is 3. The van der Waals surface area contributed by atoms with Crippen molar-refractivity contribution in [2.24, 2.45) is 0 Å². The summed E-state index contributed by atoms with van der Waals surface area (Å²) in [5.41, 5.74) is 20.4. The van der Waals surface area contributed by atoms with Gasteiger partial charge in [0.15, 0.2) is 0 Å². The Morgan fingerprint density at radius 3 is 0.835 bits per heavy atom. The van der Waals surface area contributed by atoms with E-state index in [4.69, 9.17) is 28.2 Å². The Labute approximate surface area is 471 Å². The molecule has 0 fully saturated rings. The number of hydrogen-bond acceptors (Lipinski definition) is 6. The monoisotopic (exact) mass is 1200 g/mol. The molecular weight excluding hydrogens is 1150 g/mol. The predicted octanol–water partition coefficient (Wildman–Crippen LogP) is 19.3. The first kappa shape index (κ1) is 50.3. The molecule has 6 heterocycles. The summed E-state index contributed by atoms with van der Waals surface area (Å²) in [4.78, 5) is 14.3. The second-order valence-corrected chi connectivity index (χ2v) is 19.3. The number of rotatable bonds is 6. The zero-order valence-corrected chi connectivity index (χ0v) is 45.8. The quantitative estimate of drug-likeness (QED) is 0.154. The molecule has 79 heavy (non-hydrogen) atoms. The van der Waals surface area contributed by atoms with Crippen LogP contribution in [-0.2, 0) is 20.1 Å². The van der Waals surface area contributed by atoms with Crippen molar-refractivity contribution < 1.29 is 33.4 Å². The molecule has 0 saturated carbocycles. The van der Waals surface area contributed by atoms with Gasteiger partial charge in [0.2, 0.25) is 0 Å². The van der Waals surface area contributed by atoms with E-state index in [1.807, 2.05) is 112 Å². The van der Waals surface area contributed by atoms with Crippen LogP contribution in [0.15, 0.2) is 250 Å². The second kappa shape index (κ2) is 21.8. The van der Waals surface area contributed by atoms with E-state index < -0.39 is 0 Å². The van der Waals surface area contributed by atoms with Crippen molar-refractivity contribution in [3.05, 3.63) is 272 Å². The minimum Gasteiger partial charge on any atom is -0.501 e. The molecule has 378 valence electrons. The van der Waals surface area contributed by atoms with Gasteiger partial charge in [-0.2, -0.15) is 0 Å². The van der Waals surface area contributed by atoms with Crippen LogP contribution in [0, 0.1) is 39.0 Å². The van der Waals surface area contributed by atoms with Gasteiger partial charge in [0.1, 0.15) is 16.7 Å². The van der Waals surface area contributed by atoms with Gasteiger partial charge in [-0.25, -0.2) is 0 Å². The molecule has 0 unspecified atom stereocenters. The third kappa shape index (κ3) is 10.1. The van der Waals surface area contributed by atoms with Crippen LogP contribution >= 0.6 is 0 Å². The zero-order chi connectivity index (χ0) is 52.5. The molecule has 0 amide bonds. The number of aryl methyl sites for hydroxylation is 3. The van der Waals surface area contributed by atoms with Gasteiger partial charge in [0, 0.05) is 33.2 Å². The fourth-order valence-corrected chi connectivity index (χ4v) is 10.4. The molecule has 0 aliphatic heterocycles. The summed E-state index contributed by atoms with van der Waals surface area (Å²) in [6.45, 7) is 6.07. The Kier molecular flexibility index (Phi) is 13.9. The van der Waals surface area contributed by atoms with Crippen LogP contribution in [0.25, 0.3) is 133 Å². The predicted molar refractivity (Wildman–Crippen MR) is 318 cm³/mol. The van der Waals surface area contributed by atoms with E-state index >= 15 is 0 Å². The second-order valence-electron chi connectivity index (χ2n) is 19.3. The summed E-state index contributed by atoms with van der Waals surface area (Å²) in [7, 11) is 0. The molecule has 9 aromatic carbocycles. The Morgan fingerprint density at radius 2 is 0.544 bits per heavy atom. The fourth-order valence-electron chi connectivity index (χ4n) is 10.4. The summed E-state index contributed by atoms with van der Waals surface area (Å²) in [6, 6.07) is 90.1. The van der Waals surface area contributed by atoms with Crippen molar-refractivity contribution in [2.45, 2.75) is 20.8 Å². The normalized spacial score (nSPS) is 11.1. The Balaban J connectivity index is 0.000000118. The maximum atomic E-state index is 6.15. The third-order valence-electron chi connectivity index (χ3n) is 14.0. The minimum absolute atomic E-state index is 0. The van der Waals surface area contributed by atoms with E-state index in [1.54, 1.807) is 0 Å². The number of aromatic nitrogens is 3. The van der Waals surface area contributed by atoms with E-state index in [1.165, 1.54) is 16.7 Å². The standard InChI is InChI=1S/3C24H16NO.Ir/c3*1-16-14-18(17-8-3-2-4-9-17)15-22(25-16)21-12-7-11-20-19-10-5-6-13-23(19)26-24(20)21;/h3*2-11,13-15H,1H3;/q3*-1;+3. The number of furan rings is 3. The topological polar surface area (TPSA) is 78.1 Å². The van der Waals surface area contributed by atoms with Crippen LogP contribution in [0.1, 0.15) is 17.1 Å². The zero-order valence-electron chi connectivity index (χ0n) is 43.4. The molecule has 15 aromatic rings. The fraction of sp³-hybridized carbons (Fsp3) is 0.0417. The maximum absolute atomic E-state index is 6.15. The van der Waals surface area contributed by atoms with Gasteiger partial charge < -0.3 is 28.2 Å². The first-order chi connectivity index (χ1) is 38.4. The molecule has 0 N–H and O–H groups in total. The van der Waals surface area contributed by atoms with Crippen LogP contribution in [0.3, 0.4) is 0 Å². The van der Waals surface area contributed by atoms with Crippen molar-refractivity contribution in [3.8, 4) is 67.2 Å². The largest absolute Gasteiger partial charge is 3.00 e. The number of fused-ring (bicyclic) bond motifs is 9. The van der Waals surface area contributed by atoms with Crippen LogP contribution < -0.4 is 0 Å². The number of benzene rings is 9. The van der Waals surface area contributed by atoms with Gasteiger partial charge in [-0.15, -0.1) is 54.6 Å². The smallest absolute Gasteiger partial charge is 0.501 e. The number of hydrogen-bond donors (Lipinski definition) is 0. The van der Waals surface area contributed by atoms with Crippen LogP contribution in [0.5, 0.6) is 0 Å². The first-order valence-corrected chi connectivity index (χ1v) is 26.0. The van der Waals surface area contributed by atoms with Gasteiger partial charge in [-0.05, 0) is 108 Å². The van der Waals surface area contributed by atoms with Gasteiger partial charge in [0.25, 0.3) is 0 Å². The molecule has 7 heteroatoms. The average molecular weight is 1200 g/mol. The SMILES string of the molecule is Cc1cc(-c2ccccc2)cc(-c2[c-]ccc3c2oc2ccccc23)n1.Cc1cc(-c2ccccc2)cc(-c2[c-]ccc3c2oc2ccccc23)n1.Cc1cc(-c2ccccc2)cc(-c2[c-]ccc3c2oc2ccccc23)n1.[Ir+3]. The van der Waals surface area contributed by atoms with Crippen molar-refractivity contribution in [1.82, 2.24) is 15.0 Å². The first-order valence-electron chi connectivity index (χ1n) is 26.0. The summed E-state index contributed by atoms with van der Waals surface area (Å²) in [5, 5.41) is 6.65. The summed E-state index contributed by atoms with van der Waals surface area (Å²) in [6.07, 6.45) is 0. The van der Waals surface area contributed by atoms with E-state index in [-0.39, 0.29) is 20.1 Å². The average Bonchev–Trinajstić information content (AvgIpc) is 4.42. The Morgan fingerprint density at radius 1 is 0.278 bits per heavy atom. The summed E-state index contributed by atoms with van der Waals surface area (Å²) in [5.74, 6) is 0. The Hall–Kier alpha value is -9.52. The van der Waals surface area contributed by atoms with E-state index in [0.29, 0.717) is 0 Å². The van der Waals surface area contributed by atoms with Crippen LogP contribution in [0.4, 0.5) is 0 Å². The maximum Gasteiger partial charge on any atom is 3.00 e. The third-order valence-corrected chi connectivity index (χ3v) is 14.0. The van der Waals surface area contributed by atoms with Crippen molar-refractivity contribution in [2.75, 3.05) is 0 Å². The molecule has 0 atom stereocenters. The summed E-state index contributed by atoms with van der Waals surface area (Å²) >= 11 is 0. The number of nitrogens with zero attached hydrogens (tertiary/aromatic N) is 3. The molecular formula is C72H48IrN3O3. The molecule has 0 spiro atoms. The minimum atomic E-state index is 0. The van der Waals surface area contributed by atoms with Gasteiger partial charge in [-0.1, -0.05) is 197 Å². The van der Waals surface area contributed by atoms with Gasteiger partial charge in [0.05, 0.1) is 16.7 Å².